The minimum atomic E-state index is -1.04. The van der Waals surface area contributed by atoms with Crippen LogP contribution in [0, 0.1) is 5.41 Å². The standard InChI is InChI=1S/C15H16N2O4/c1-15(2)7-20-12-4-3-9(5-13(12)21-8-15)10-6-11(14(18)19)17-16-10/h3-6H,7-8H2,1-2H3,(H,16,17)(H,18,19). The van der Waals surface area contributed by atoms with Gasteiger partial charge in [-0.15, -0.1) is 0 Å². The summed E-state index contributed by atoms with van der Waals surface area (Å²) in [4.78, 5) is 10.9. The molecule has 3 rings (SSSR count). The molecular formula is C15H16N2O4. The number of aromatic nitrogens is 2. The first-order chi connectivity index (χ1) is 9.94. The van der Waals surface area contributed by atoms with E-state index < -0.39 is 5.97 Å². The zero-order valence-electron chi connectivity index (χ0n) is 11.8. The van der Waals surface area contributed by atoms with Crippen molar-refractivity contribution in [1.82, 2.24) is 10.2 Å². The number of fused-ring (bicyclic) bond motifs is 1. The second kappa shape index (κ2) is 4.80. The molecule has 0 atom stereocenters. The van der Waals surface area contributed by atoms with Gasteiger partial charge in [0, 0.05) is 11.0 Å². The van der Waals surface area contributed by atoms with Crippen LogP contribution in [0.4, 0.5) is 0 Å². The van der Waals surface area contributed by atoms with Gasteiger partial charge in [-0.1, -0.05) is 13.8 Å². The van der Waals surface area contributed by atoms with Crippen molar-refractivity contribution >= 4 is 5.97 Å². The minimum Gasteiger partial charge on any atom is -0.489 e. The van der Waals surface area contributed by atoms with Gasteiger partial charge in [0.2, 0.25) is 0 Å². The first-order valence-electron chi connectivity index (χ1n) is 6.63. The number of nitrogens with one attached hydrogen (secondary N) is 1. The van der Waals surface area contributed by atoms with E-state index in [9.17, 15) is 4.79 Å². The van der Waals surface area contributed by atoms with Crippen molar-refractivity contribution in [3.8, 4) is 22.8 Å². The van der Waals surface area contributed by atoms with Gasteiger partial charge >= 0.3 is 5.97 Å². The molecule has 21 heavy (non-hydrogen) atoms. The number of hydrogen-bond acceptors (Lipinski definition) is 4. The quantitative estimate of drug-likeness (QED) is 0.887. The van der Waals surface area contributed by atoms with Crippen molar-refractivity contribution in [3.63, 3.8) is 0 Å². The maximum atomic E-state index is 10.9. The van der Waals surface area contributed by atoms with Crippen LogP contribution in [0.25, 0.3) is 11.3 Å². The smallest absolute Gasteiger partial charge is 0.353 e. The number of H-pyrrole nitrogens is 1. The number of carbonyl (C=O) groups is 1. The Hall–Kier alpha value is -2.50. The van der Waals surface area contributed by atoms with Gasteiger partial charge in [0.05, 0.1) is 18.9 Å². The molecular weight excluding hydrogens is 272 g/mol. The third-order valence-corrected chi connectivity index (χ3v) is 3.28. The van der Waals surface area contributed by atoms with Crippen molar-refractivity contribution < 1.29 is 19.4 Å². The topological polar surface area (TPSA) is 84.4 Å². The number of rotatable bonds is 2. The van der Waals surface area contributed by atoms with E-state index in [1.54, 1.807) is 0 Å². The van der Waals surface area contributed by atoms with E-state index in [0.29, 0.717) is 30.4 Å². The molecule has 1 aromatic carbocycles. The van der Waals surface area contributed by atoms with Crippen LogP contribution < -0.4 is 9.47 Å². The predicted octanol–water partition coefficient (Wildman–Crippen LogP) is 2.57. The molecule has 0 radical (unpaired) electrons. The molecule has 2 aromatic rings. The molecule has 0 saturated heterocycles. The van der Waals surface area contributed by atoms with E-state index in [0.717, 1.165) is 5.56 Å². The Kier molecular flexibility index (Phi) is 3.08. The number of aromatic amines is 1. The molecule has 6 heteroatoms. The van der Waals surface area contributed by atoms with Crippen LogP contribution in [0.3, 0.4) is 0 Å². The fourth-order valence-corrected chi connectivity index (χ4v) is 2.07. The van der Waals surface area contributed by atoms with Crippen LogP contribution in [0.1, 0.15) is 24.3 Å². The fourth-order valence-electron chi connectivity index (χ4n) is 2.07. The van der Waals surface area contributed by atoms with Crippen molar-refractivity contribution in [3.05, 3.63) is 30.0 Å². The molecule has 0 amide bonds. The summed E-state index contributed by atoms with van der Waals surface area (Å²) in [6, 6.07) is 6.97. The number of aromatic carboxylic acids is 1. The Morgan fingerprint density at radius 3 is 2.62 bits per heavy atom. The summed E-state index contributed by atoms with van der Waals surface area (Å²) in [5, 5.41) is 15.4. The lowest BCUT2D eigenvalue weighted by atomic mass is 9.97. The van der Waals surface area contributed by atoms with Gasteiger partial charge in [-0.25, -0.2) is 4.79 Å². The molecule has 0 aliphatic carbocycles. The Balaban J connectivity index is 1.92. The average Bonchev–Trinajstić information content (AvgIpc) is 2.88. The second-order valence-corrected chi connectivity index (χ2v) is 5.88. The summed E-state index contributed by atoms with van der Waals surface area (Å²) in [6.07, 6.45) is 0. The highest BCUT2D eigenvalue weighted by Gasteiger charge is 2.25. The van der Waals surface area contributed by atoms with Crippen LogP contribution >= 0.6 is 0 Å². The Morgan fingerprint density at radius 1 is 1.24 bits per heavy atom. The average molecular weight is 288 g/mol. The largest absolute Gasteiger partial charge is 0.489 e. The van der Waals surface area contributed by atoms with Crippen molar-refractivity contribution in [2.24, 2.45) is 5.41 Å². The zero-order valence-corrected chi connectivity index (χ0v) is 11.8. The first-order valence-corrected chi connectivity index (χ1v) is 6.63. The lowest BCUT2D eigenvalue weighted by Crippen LogP contribution is -2.26. The second-order valence-electron chi connectivity index (χ2n) is 5.88. The summed E-state index contributed by atoms with van der Waals surface area (Å²) in [6.45, 7) is 5.30. The number of nitrogens with zero attached hydrogens (tertiary/aromatic N) is 1. The van der Waals surface area contributed by atoms with Gasteiger partial charge in [0.25, 0.3) is 0 Å². The molecule has 110 valence electrons. The third kappa shape index (κ3) is 2.69. The van der Waals surface area contributed by atoms with Crippen LogP contribution in [0.2, 0.25) is 0 Å². The highest BCUT2D eigenvalue weighted by molar-refractivity contribution is 5.86. The molecule has 0 spiro atoms. The molecule has 1 aliphatic heterocycles. The van der Waals surface area contributed by atoms with E-state index in [4.69, 9.17) is 14.6 Å². The molecule has 0 saturated carbocycles. The van der Waals surface area contributed by atoms with E-state index in [1.165, 1.54) is 6.07 Å². The van der Waals surface area contributed by atoms with Crippen molar-refractivity contribution in [2.45, 2.75) is 13.8 Å². The highest BCUT2D eigenvalue weighted by Crippen LogP contribution is 2.36. The van der Waals surface area contributed by atoms with Gasteiger partial charge in [-0.3, -0.25) is 5.10 Å². The maximum absolute atomic E-state index is 10.9. The summed E-state index contributed by atoms with van der Waals surface area (Å²) in [5.74, 6) is 0.307. The van der Waals surface area contributed by atoms with Crippen LogP contribution in [0.15, 0.2) is 24.3 Å². The van der Waals surface area contributed by atoms with E-state index in [2.05, 4.69) is 24.0 Å². The molecule has 2 heterocycles. The number of hydrogen-bond donors (Lipinski definition) is 2. The Bertz CT molecular complexity index is 691. The fraction of sp³-hybridized carbons (Fsp3) is 0.333. The minimum absolute atomic E-state index is 0.0536. The van der Waals surface area contributed by atoms with Crippen LogP contribution in [-0.2, 0) is 0 Å². The molecule has 0 bridgehead atoms. The van der Waals surface area contributed by atoms with Crippen molar-refractivity contribution in [1.29, 1.82) is 0 Å². The summed E-state index contributed by atoms with van der Waals surface area (Å²) in [7, 11) is 0. The number of carboxylic acid groups (broad SMARTS) is 1. The van der Waals surface area contributed by atoms with Crippen LogP contribution in [0.5, 0.6) is 11.5 Å². The Morgan fingerprint density at radius 2 is 1.95 bits per heavy atom. The molecule has 0 fully saturated rings. The third-order valence-electron chi connectivity index (χ3n) is 3.28. The normalized spacial score (nSPS) is 16.3. The predicted molar refractivity (Wildman–Crippen MR) is 75.8 cm³/mol. The molecule has 1 aliphatic rings. The lowest BCUT2D eigenvalue weighted by molar-refractivity contribution is 0.0690. The van der Waals surface area contributed by atoms with Crippen molar-refractivity contribution in [2.75, 3.05) is 13.2 Å². The molecule has 2 N–H and O–H groups in total. The maximum Gasteiger partial charge on any atom is 0.353 e. The van der Waals surface area contributed by atoms with Gasteiger partial charge in [-0.2, -0.15) is 5.10 Å². The monoisotopic (exact) mass is 288 g/mol. The van der Waals surface area contributed by atoms with E-state index >= 15 is 0 Å². The summed E-state index contributed by atoms with van der Waals surface area (Å²) in [5.41, 5.74) is 1.34. The number of carboxylic acids is 1. The van der Waals surface area contributed by atoms with Gasteiger partial charge in [-0.05, 0) is 24.3 Å². The number of benzene rings is 1. The SMILES string of the molecule is CC1(C)COc2ccc(-c3cc(C(=O)O)[nH]n3)cc2OC1. The van der Waals surface area contributed by atoms with E-state index in [-0.39, 0.29) is 11.1 Å². The van der Waals surface area contributed by atoms with Gasteiger partial charge < -0.3 is 14.6 Å². The molecule has 6 nitrogen and oxygen atoms in total. The van der Waals surface area contributed by atoms with Gasteiger partial charge in [0.1, 0.15) is 5.69 Å². The van der Waals surface area contributed by atoms with Crippen LogP contribution in [-0.4, -0.2) is 34.5 Å². The first kappa shape index (κ1) is 13.5. The summed E-state index contributed by atoms with van der Waals surface area (Å²) < 4.78 is 11.6. The van der Waals surface area contributed by atoms with Gasteiger partial charge in [0.15, 0.2) is 11.5 Å². The lowest BCUT2D eigenvalue weighted by Gasteiger charge is -2.19. The number of ether oxygens (including phenoxy) is 2. The molecule has 1 aromatic heterocycles. The Labute approximate surface area is 121 Å². The molecule has 0 unspecified atom stereocenters. The van der Waals surface area contributed by atoms with E-state index in [1.807, 2.05) is 18.2 Å². The highest BCUT2D eigenvalue weighted by atomic mass is 16.5. The zero-order chi connectivity index (χ0) is 15.0. The summed E-state index contributed by atoms with van der Waals surface area (Å²) >= 11 is 0.